The quantitative estimate of drug-likeness (QED) is 0.458. The van der Waals surface area contributed by atoms with Crippen molar-refractivity contribution in [1.29, 1.82) is 0 Å². The van der Waals surface area contributed by atoms with Gasteiger partial charge in [-0.3, -0.25) is 0 Å². The number of aliphatic hydroxyl groups is 1. The van der Waals surface area contributed by atoms with Gasteiger partial charge in [0.1, 0.15) is 11.5 Å². The molecule has 1 heterocycles. The monoisotopic (exact) mass is 429 g/mol. The normalized spacial score (nSPS) is 16.1. The van der Waals surface area contributed by atoms with Crippen LogP contribution in [0.5, 0.6) is 11.5 Å². The third kappa shape index (κ3) is 6.21. The van der Waals surface area contributed by atoms with Crippen LogP contribution in [0.3, 0.4) is 0 Å². The van der Waals surface area contributed by atoms with E-state index >= 15 is 0 Å². The summed E-state index contributed by atoms with van der Waals surface area (Å²) in [6.45, 7) is 7.17. The van der Waals surface area contributed by atoms with Crippen LogP contribution in [0.15, 0.2) is 72.8 Å². The third-order valence-electron chi connectivity index (χ3n) is 6.63. The SMILES string of the molecule is Cc1ccc(CCC(O)CN2CCC(c3ccc(Oc4ccccc4)cc3)CC2)c(C)c1. The zero-order chi connectivity index (χ0) is 22.3. The fourth-order valence-corrected chi connectivity index (χ4v) is 4.72. The number of piperidine rings is 1. The Morgan fingerprint density at radius 2 is 1.59 bits per heavy atom. The number of rotatable bonds is 8. The molecule has 1 N–H and O–H groups in total. The maximum atomic E-state index is 10.6. The van der Waals surface area contributed by atoms with Crippen molar-refractivity contribution in [2.24, 2.45) is 0 Å². The Balaban J connectivity index is 1.21. The molecule has 3 aromatic carbocycles. The first-order valence-corrected chi connectivity index (χ1v) is 11.9. The second-order valence-corrected chi connectivity index (χ2v) is 9.18. The maximum Gasteiger partial charge on any atom is 0.127 e. The van der Waals surface area contributed by atoms with E-state index in [9.17, 15) is 5.11 Å². The summed E-state index contributed by atoms with van der Waals surface area (Å²) in [5.74, 6) is 2.33. The molecule has 168 valence electrons. The highest BCUT2D eigenvalue weighted by molar-refractivity contribution is 5.34. The number of para-hydroxylation sites is 1. The average Bonchev–Trinajstić information content (AvgIpc) is 2.80. The van der Waals surface area contributed by atoms with E-state index in [0.717, 1.165) is 56.8 Å². The Kier molecular flexibility index (Phi) is 7.62. The largest absolute Gasteiger partial charge is 0.457 e. The molecule has 0 spiro atoms. The number of β-amino-alcohol motifs (C(OH)–C–C–N with tert-alkyl or cyclic N) is 1. The van der Waals surface area contributed by atoms with Gasteiger partial charge in [0.25, 0.3) is 0 Å². The molecule has 1 atom stereocenters. The lowest BCUT2D eigenvalue weighted by molar-refractivity contribution is 0.0912. The van der Waals surface area contributed by atoms with E-state index in [1.807, 2.05) is 30.3 Å². The highest BCUT2D eigenvalue weighted by Gasteiger charge is 2.22. The molecule has 1 unspecified atom stereocenters. The Morgan fingerprint density at radius 3 is 2.28 bits per heavy atom. The van der Waals surface area contributed by atoms with Crippen molar-refractivity contribution in [3.8, 4) is 11.5 Å². The van der Waals surface area contributed by atoms with E-state index in [-0.39, 0.29) is 6.10 Å². The van der Waals surface area contributed by atoms with E-state index < -0.39 is 0 Å². The molecule has 4 rings (SSSR count). The predicted octanol–water partition coefficient (Wildman–Crippen LogP) is 6.27. The lowest BCUT2D eigenvalue weighted by Gasteiger charge is -2.33. The smallest absolute Gasteiger partial charge is 0.127 e. The Bertz CT molecular complexity index is 976. The first kappa shape index (κ1) is 22.6. The van der Waals surface area contributed by atoms with Crippen LogP contribution in [-0.4, -0.2) is 35.7 Å². The molecule has 1 saturated heterocycles. The van der Waals surface area contributed by atoms with Gasteiger partial charge < -0.3 is 14.7 Å². The molecule has 3 nitrogen and oxygen atoms in total. The summed E-state index contributed by atoms with van der Waals surface area (Å²) in [5, 5.41) is 10.6. The van der Waals surface area contributed by atoms with Gasteiger partial charge >= 0.3 is 0 Å². The van der Waals surface area contributed by atoms with Crippen molar-refractivity contribution in [3.05, 3.63) is 95.1 Å². The molecule has 0 bridgehead atoms. The fourth-order valence-electron chi connectivity index (χ4n) is 4.72. The topological polar surface area (TPSA) is 32.7 Å². The Hall–Kier alpha value is -2.62. The summed E-state index contributed by atoms with van der Waals surface area (Å²) >= 11 is 0. The van der Waals surface area contributed by atoms with Crippen LogP contribution in [0.1, 0.15) is 47.4 Å². The summed E-state index contributed by atoms with van der Waals surface area (Å²) < 4.78 is 5.91. The fraction of sp³-hybridized carbons (Fsp3) is 0.379. The van der Waals surface area contributed by atoms with E-state index in [4.69, 9.17) is 4.74 Å². The summed E-state index contributed by atoms with van der Waals surface area (Å²) in [4.78, 5) is 2.43. The highest BCUT2D eigenvalue weighted by atomic mass is 16.5. The summed E-state index contributed by atoms with van der Waals surface area (Å²) in [5.41, 5.74) is 5.37. The summed E-state index contributed by atoms with van der Waals surface area (Å²) in [7, 11) is 0. The van der Waals surface area contributed by atoms with Gasteiger partial charge in [-0.1, -0.05) is 54.1 Å². The number of nitrogens with zero attached hydrogens (tertiary/aromatic N) is 1. The van der Waals surface area contributed by atoms with Crippen LogP contribution in [0.4, 0.5) is 0 Å². The minimum atomic E-state index is -0.262. The Morgan fingerprint density at radius 1 is 0.906 bits per heavy atom. The predicted molar refractivity (Wildman–Crippen MR) is 132 cm³/mol. The minimum absolute atomic E-state index is 0.262. The lowest BCUT2D eigenvalue weighted by atomic mass is 9.89. The van der Waals surface area contributed by atoms with Gasteiger partial charge in [0.2, 0.25) is 0 Å². The third-order valence-corrected chi connectivity index (χ3v) is 6.63. The van der Waals surface area contributed by atoms with Crippen molar-refractivity contribution >= 4 is 0 Å². The number of benzene rings is 3. The van der Waals surface area contributed by atoms with E-state index in [0.29, 0.717) is 5.92 Å². The number of aryl methyl sites for hydroxylation is 3. The van der Waals surface area contributed by atoms with Crippen LogP contribution in [0.25, 0.3) is 0 Å². The Labute approximate surface area is 192 Å². The van der Waals surface area contributed by atoms with Crippen molar-refractivity contribution < 1.29 is 9.84 Å². The number of aliphatic hydroxyl groups excluding tert-OH is 1. The first-order valence-electron chi connectivity index (χ1n) is 11.9. The maximum absolute atomic E-state index is 10.6. The van der Waals surface area contributed by atoms with Gasteiger partial charge in [0.05, 0.1) is 6.10 Å². The van der Waals surface area contributed by atoms with Crippen molar-refractivity contribution in [2.75, 3.05) is 19.6 Å². The van der Waals surface area contributed by atoms with Crippen molar-refractivity contribution in [3.63, 3.8) is 0 Å². The van der Waals surface area contributed by atoms with E-state index in [2.05, 4.69) is 61.2 Å². The number of ether oxygens (including phenoxy) is 1. The van der Waals surface area contributed by atoms with Gasteiger partial charge in [-0.05, 0) is 99.5 Å². The van der Waals surface area contributed by atoms with Crippen LogP contribution in [-0.2, 0) is 6.42 Å². The van der Waals surface area contributed by atoms with E-state index in [1.165, 1.54) is 22.3 Å². The number of likely N-dealkylation sites (tertiary alicyclic amines) is 1. The molecular formula is C29H35NO2. The van der Waals surface area contributed by atoms with Crippen molar-refractivity contribution in [2.45, 2.75) is 51.6 Å². The van der Waals surface area contributed by atoms with Crippen LogP contribution >= 0.6 is 0 Å². The molecule has 0 aromatic heterocycles. The molecule has 3 aromatic rings. The van der Waals surface area contributed by atoms with E-state index in [1.54, 1.807) is 0 Å². The molecule has 1 aliphatic heterocycles. The molecule has 0 amide bonds. The zero-order valence-electron chi connectivity index (χ0n) is 19.3. The molecule has 0 aliphatic carbocycles. The van der Waals surface area contributed by atoms with Crippen molar-refractivity contribution in [1.82, 2.24) is 4.90 Å². The average molecular weight is 430 g/mol. The lowest BCUT2D eigenvalue weighted by Crippen LogP contribution is -2.38. The molecule has 1 fully saturated rings. The molecule has 1 aliphatic rings. The summed E-state index contributed by atoms with van der Waals surface area (Å²) in [6.07, 6.45) is 3.79. The first-order chi connectivity index (χ1) is 15.6. The van der Waals surface area contributed by atoms with Crippen LogP contribution in [0.2, 0.25) is 0 Å². The van der Waals surface area contributed by atoms with Crippen LogP contribution in [0, 0.1) is 13.8 Å². The van der Waals surface area contributed by atoms with Gasteiger partial charge in [0, 0.05) is 6.54 Å². The second kappa shape index (κ2) is 10.8. The minimum Gasteiger partial charge on any atom is -0.457 e. The van der Waals surface area contributed by atoms with Gasteiger partial charge in [-0.25, -0.2) is 0 Å². The van der Waals surface area contributed by atoms with Gasteiger partial charge in [0.15, 0.2) is 0 Å². The molecular weight excluding hydrogens is 394 g/mol. The van der Waals surface area contributed by atoms with Gasteiger partial charge in [-0.15, -0.1) is 0 Å². The summed E-state index contributed by atoms with van der Waals surface area (Å²) in [6, 6.07) is 25.1. The number of hydrogen-bond donors (Lipinski definition) is 1. The molecule has 32 heavy (non-hydrogen) atoms. The standard InChI is InChI=1S/C29H35NO2/c1-22-8-9-24(23(2)20-22)10-13-27(31)21-30-18-16-26(17-19-30)25-11-14-29(15-12-25)32-28-6-4-3-5-7-28/h3-9,11-12,14-15,20,26-27,31H,10,13,16-19,21H2,1-2H3. The van der Waals surface area contributed by atoms with Crippen LogP contribution < -0.4 is 4.74 Å². The zero-order valence-corrected chi connectivity index (χ0v) is 19.3. The second-order valence-electron chi connectivity index (χ2n) is 9.18. The molecule has 0 radical (unpaired) electrons. The molecule has 3 heteroatoms. The highest BCUT2D eigenvalue weighted by Crippen LogP contribution is 2.30. The van der Waals surface area contributed by atoms with Gasteiger partial charge in [-0.2, -0.15) is 0 Å². The molecule has 0 saturated carbocycles. The number of hydrogen-bond acceptors (Lipinski definition) is 3.